The molecular formula is C13H22N2O3. The molecule has 2 rings (SSSR count). The molecule has 1 saturated heterocycles. The summed E-state index contributed by atoms with van der Waals surface area (Å²) in [5, 5.41) is 0. The summed E-state index contributed by atoms with van der Waals surface area (Å²) in [5.74, 6) is 0.104. The molecule has 18 heavy (non-hydrogen) atoms. The first kappa shape index (κ1) is 13.3. The minimum absolute atomic E-state index is 0.0162. The molecule has 0 radical (unpaired) electrons. The number of esters is 1. The lowest BCUT2D eigenvalue weighted by atomic mass is 9.97. The van der Waals surface area contributed by atoms with Gasteiger partial charge in [0.05, 0.1) is 19.6 Å². The number of hydrogen-bond donors (Lipinski definition) is 0. The van der Waals surface area contributed by atoms with Crippen molar-refractivity contribution in [1.82, 2.24) is 9.80 Å². The van der Waals surface area contributed by atoms with Gasteiger partial charge in [-0.05, 0) is 38.8 Å². The maximum absolute atomic E-state index is 12.0. The van der Waals surface area contributed by atoms with E-state index in [1.54, 1.807) is 0 Å². The highest BCUT2D eigenvalue weighted by Gasteiger charge is 2.31. The summed E-state index contributed by atoms with van der Waals surface area (Å²) >= 11 is 0. The molecule has 2 aliphatic rings. The molecule has 0 spiro atoms. The fourth-order valence-electron chi connectivity index (χ4n) is 2.46. The second kappa shape index (κ2) is 5.69. The Labute approximate surface area is 108 Å². The van der Waals surface area contributed by atoms with E-state index in [-0.39, 0.29) is 17.8 Å². The van der Waals surface area contributed by atoms with E-state index in [0.29, 0.717) is 12.6 Å². The molecule has 1 aliphatic heterocycles. The fourth-order valence-corrected chi connectivity index (χ4v) is 2.46. The van der Waals surface area contributed by atoms with Crippen LogP contribution in [-0.2, 0) is 14.3 Å². The quantitative estimate of drug-likeness (QED) is 0.685. The van der Waals surface area contributed by atoms with Crippen LogP contribution in [0, 0.1) is 5.92 Å². The third-order valence-electron chi connectivity index (χ3n) is 3.97. The van der Waals surface area contributed by atoms with E-state index in [0.717, 1.165) is 38.8 Å². The number of amides is 1. The standard InChI is InChI=1S/C13H22N2O3/c1-14(11-3-4-11)12(16)9-15-7-5-10(6-8-15)13(17)18-2/h10-11H,3-9H2,1-2H3. The van der Waals surface area contributed by atoms with Crippen LogP contribution in [0.5, 0.6) is 0 Å². The number of likely N-dealkylation sites (tertiary alicyclic amines) is 1. The number of piperidine rings is 1. The molecule has 2 fully saturated rings. The first-order valence-electron chi connectivity index (χ1n) is 6.67. The van der Waals surface area contributed by atoms with Gasteiger partial charge in [-0.25, -0.2) is 0 Å². The Balaban J connectivity index is 1.72. The highest BCUT2D eigenvalue weighted by molar-refractivity contribution is 5.78. The first-order valence-corrected chi connectivity index (χ1v) is 6.67. The van der Waals surface area contributed by atoms with E-state index in [9.17, 15) is 9.59 Å². The summed E-state index contributed by atoms with van der Waals surface area (Å²) in [4.78, 5) is 27.3. The Hall–Kier alpha value is -1.10. The van der Waals surface area contributed by atoms with Crippen LogP contribution in [0.4, 0.5) is 0 Å². The van der Waals surface area contributed by atoms with Gasteiger partial charge < -0.3 is 9.64 Å². The Morgan fingerprint density at radius 2 is 1.83 bits per heavy atom. The van der Waals surface area contributed by atoms with Crippen molar-refractivity contribution in [1.29, 1.82) is 0 Å². The topological polar surface area (TPSA) is 49.9 Å². The normalized spacial score (nSPS) is 21.7. The van der Waals surface area contributed by atoms with Crippen molar-refractivity contribution in [3.63, 3.8) is 0 Å². The molecule has 0 atom stereocenters. The number of likely N-dealkylation sites (N-methyl/N-ethyl adjacent to an activating group) is 1. The molecule has 5 heteroatoms. The Morgan fingerprint density at radius 3 is 2.33 bits per heavy atom. The zero-order valence-corrected chi connectivity index (χ0v) is 11.2. The third kappa shape index (κ3) is 3.22. The van der Waals surface area contributed by atoms with Crippen LogP contribution in [0.2, 0.25) is 0 Å². The van der Waals surface area contributed by atoms with Crippen LogP contribution >= 0.6 is 0 Å². The van der Waals surface area contributed by atoms with Gasteiger partial charge in [0.15, 0.2) is 0 Å². The number of methoxy groups -OCH3 is 1. The zero-order valence-electron chi connectivity index (χ0n) is 11.2. The number of carbonyl (C=O) groups is 2. The van der Waals surface area contributed by atoms with Crippen LogP contribution in [-0.4, -0.2) is 61.5 Å². The summed E-state index contributed by atoms with van der Waals surface area (Å²) in [7, 11) is 3.32. The van der Waals surface area contributed by atoms with Crippen LogP contribution in [0.3, 0.4) is 0 Å². The smallest absolute Gasteiger partial charge is 0.308 e. The maximum atomic E-state index is 12.0. The minimum atomic E-state index is -0.115. The van der Waals surface area contributed by atoms with Crippen molar-refractivity contribution >= 4 is 11.9 Å². The molecule has 1 saturated carbocycles. The number of hydrogen-bond acceptors (Lipinski definition) is 4. The van der Waals surface area contributed by atoms with E-state index in [1.807, 2.05) is 11.9 Å². The van der Waals surface area contributed by atoms with Crippen molar-refractivity contribution in [2.45, 2.75) is 31.7 Å². The van der Waals surface area contributed by atoms with Gasteiger partial charge in [0.2, 0.25) is 5.91 Å². The number of rotatable bonds is 4. The minimum Gasteiger partial charge on any atom is -0.469 e. The molecule has 0 aromatic heterocycles. The molecule has 102 valence electrons. The Kier molecular flexibility index (Phi) is 4.22. The van der Waals surface area contributed by atoms with Gasteiger partial charge in [0.25, 0.3) is 0 Å². The van der Waals surface area contributed by atoms with Crippen molar-refractivity contribution in [2.24, 2.45) is 5.92 Å². The molecule has 0 unspecified atom stereocenters. The largest absolute Gasteiger partial charge is 0.469 e. The van der Waals surface area contributed by atoms with Gasteiger partial charge in [-0.2, -0.15) is 0 Å². The molecule has 1 amide bonds. The van der Waals surface area contributed by atoms with Crippen molar-refractivity contribution in [2.75, 3.05) is 33.8 Å². The monoisotopic (exact) mass is 254 g/mol. The number of carbonyl (C=O) groups excluding carboxylic acids is 2. The van der Waals surface area contributed by atoms with E-state index in [1.165, 1.54) is 7.11 Å². The zero-order chi connectivity index (χ0) is 13.1. The molecule has 0 aromatic rings. The highest BCUT2D eigenvalue weighted by atomic mass is 16.5. The maximum Gasteiger partial charge on any atom is 0.308 e. The molecule has 0 bridgehead atoms. The van der Waals surface area contributed by atoms with Crippen LogP contribution < -0.4 is 0 Å². The second-order valence-corrected chi connectivity index (χ2v) is 5.31. The molecule has 1 heterocycles. The number of nitrogens with zero attached hydrogens (tertiary/aromatic N) is 2. The number of ether oxygens (including phenoxy) is 1. The molecule has 0 N–H and O–H groups in total. The van der Waals surface area contributed by atoms with E-state index in [4.69, 9.17) is 4.74 Å². The molecule has 5 nitrogen and oxygen atoms in total. The van der Waals surface area contributed by atoms with Crippen molar-refractivity contribution in [3.05, 3.63) is 0 Å². The summed E-state index contributed by atoms with van der Waals surface area (Å²) in [6.07, 6.45) is 3.89. The first-order chi connectivity index (χ1) is 8.61. The van der Waals surface area contributed by atoms with Gasteiger partial charge >= 0.3 is 5.97 Å². The fraction of sp³-hybridized carbons (Fsp3) is 0.846. The average Bonchev–Trinajstić information content (AvgIpc) is 3.22. The lowest BCUT2D eigenvalue weighted by Gasteiger charge is -2.31. The summed E-state index contributed by atoms with van der Waals surface area (Å²) in [6, 6.07) is 0.477. The van der Waals surface area contributed by atoms with E-state index >= 15 is 0 Å². The van der Waals surface area contributed by atoms with Gasteiger partial charge in [-0.1, -0.05) is 0 Å². The lowest BCUT2D eigenvalue weighted by Crippen LogP contribution is -2.43. The molecule has 1 aliphatic carbocycles. The van der Waals surface area contributed by atoms with Gasteiger partial charge in [-0.15, -0.1) is 0 Å². The van der Waals surface area contributed by atoms with Crippen LogP contribution in [0.1, 0.15) is 25.7 Å². The highest BCUT2D eigenvalue weighted by Crippen LogP contribution is 2.25. The summed E-state index contributed by atoms with van der Waals surface area (Å²) < 4.78 is 4.75. The predicted octanol–water partition coefficient (Wildman–Crippen LogP) is 0.492. The van der Waals surface area contributed by atoms with Gasteiger partial charge in [-0.3, -0.25) is 14.5 Å². The Bertz CT molecular complexity index is 320. The third-order valence-corrected chi connectivity index (χ3v) is 3.97. The molecule has 0 aromatic carbocycles. The summed E-state index contributed by atoms with van der Waals surface area (Å²) in [6.45, 7) is 2.11. The van der Waals surface area contributed by atoms with Crippen LogP contribution in [0.15, 0.2) is 0 Å². The molecular weight excluding hydrogens is 232 g/mol. The van der Waals surface area contributed by atoms with E-state index < -0.39 is 0 Å². The average molecular weight is 254 g/mol. The lowest BCUT2D eigenvalue weighted by molar-refractivity contribution is -0.147. The summed E-state index contributed by atoms with van der Waals surface area (Å²) in [5.41, 5.74) is 0. The van der Waals surface area contributed by atoms with Gasteiger partial charge in [0, 0.05) is 13.1 Å². The Morgan fingerprint density at radius 1 is 1.22 bits per heavy atom. The van der Waals surface area contributed by atoms with Crippen molar-refractivity contribution in [3.8, 4) is 0 Å². The van der Waals surface area contributed by atoms with E-state index in [2.05, 4.69) is 4.90 Å². The second-order valence-electron chi connectivity index (χ2n) is 5.31. The predicted molar refractivity (Wildman–Crippen MR) is 67.0 cm³/mol. The van der Waals surface area contributed by atoms with Crippen LogP contribution in [0.25, 0.3) is 0 Å². The van der Waals surface area contributed by atoms with Gasteiger partial charge in [0.1, 0.15) is 0 Å². The van der Waals surface area contributed by atoms with Crippen molar-refractivity contribution < 1.29 is 14.3 Å². The SMILES string of the molecule is COC(=O)C1CCN(CC(=O)N(C)C2CC2)CC1.